The summed E-state index contributed by atoms with van der Waals surface area (Å²) in [6, 6.07) is 14.9. The molecule has 4 atom stereocenters. The van der Waals surface area contributed by atoms with E-state index in [1.54, 1.807) is 0 Å². The van der Waals surface area contributed by atoms with E-state index in [9.17, 15) is 23.4 Å². The molecule has 2 aromatic rings. The zero-order chi connectivity index (χ0) is 20.6. The van der Waals surface area contributed by atoms with Gasteiger partial charge in [0, 0.05) is 26.1 Å². The molecule has 1 saturated carbocycles. The highest BCUT2D eigenvalue weighted by Crippen LogP contribution is 2.45. The SMILES string of the molecule is OC(CN1C[C@@H]2C[C@](O)(Cc3ccccc3)C[C@@H]2C1)c1cccc(C(F)(F)F)c1. The summed E-state index contributed by atoms with van der Waals surface area (Å²) < 4.78 is 38.7. The van der Waals surface area contributed by atoms with Crippen LogP contribution in [0.25, 0.3) is 0 Å². The van der Waals surface area contributed by atoms with Crippen LogP contribution in [0.15, 0.2) is 54.6 Å². The molecule has 29 heavy (non-hydrogen) atoms. The van der Waals surface area contributed by atoms with Crippen molar-refractivity contribution in [1.82, 2.24) is 4.90 Å². The Morgan fingerprint density at radius 3 is 2.28 bits per heavy atom. The number of benzene rings is 2. The van der Waals surface area contributed by atoms with Crippen LogP contribution in [0.4, 0.5) is 13.2 Å². The predicted molar refractivity (Wildman–Crippen MR) is 104 cm³/mol. The van der Waals surface area contributed by atoms with Crippen LogP contribution in [0.1, 0.15) is 35.6 Å². The van der Waals surface area contributed by atoms with E-state index in [1.165, 1.54) is 12.1 Å². The second kappa shape index (κ2) is 7.74. The average molecular weight is 405 g/mol. The number of aliphatic hydroxyl groups excluding tert-OH is 1. The monoisotopic (exact) mass is 405 g/mol. The molecule has 156 valence electrons. The Morgan fingerprint density at radius 2 is 1.66 bits per heavy atom. The van der Waals surface area contributed by atoms with Crippen LogP contribution in [0.3, 0.4) is 0 Å². The first-order chi connectivity index (χ1) is 13.7. The van der Waals surface area contributed by atoms with Gasteiger partial charge in [-0.3, -0.25) is 4.90 Å². The van der Waals surface area contributed by atoms with Gasteiger partial charge in [-0.1, -0.05) is 42.5 Å². The highest BCUT2D eigenvalue weighted by molar-refractivity contribution is 5.27. The van der Waals surface area contributed by atoms with E-state index in [0.717, 1.165) is 43.6 Å². The average Bonchev–Trinajstić information content (AvgIpc) is 3.15. The summed E-state index contributed by atoms with van der Waals surface area (Å²) in [5.41, 5.74) is -0.00908. The van der Waals surface area contributed by atoms with Crippen LogP contribution >= 0.6 is 0 Å². The second-order valence-corrected chi connectivity index (χ2v) is 8.67. The predicted octanol–water partition coefficient (Wildman–Crippen LogP) is 4.05. The largest absolute Gasteiger partial charge is 0.416 e. The Morgan fingerprint density at radius 1 is 1.00 bits per heavy atom. The van der Waals surface area contributed by atoms with Crippen LogP contribution in [0.5, 0.6) is 0 Å². The summed E-state index contributed by atoms with van der Waals surface area (Å²) in [5.74, 6) is 0.717. The van der Waals surface area contributed by atoms with Crippen LogP contribution in [0.2, 0.25) is 0 Å². The van der Waals surface area contributed by atoms with E-state index in [0.29, 0.717) is 24.8 Å². The van der Waals surface area contributed by atoms with Crippen molar-refractivity contribution in [3.63, 3.8) is 0 Å². The van der Waals surface area contributed by atoms with E-state index in [1.807, 2.05) is 30.3 Å². The number of hydrogen-bond donors (Lipinski definition) is 2. The van der Waals surface area contributed by atoms with E-state index < -0.39 is 23.4 Å². The molecule has 0 bridgehead atoms. The maximum atomic E-state index is 12.9. The van der Waals surface area contributed by atoms with Gasteiger partial charge in [0.15, 0.2) is 0 Å². The van der Waals surface area contributed by atoms with Gasteiger partial charge in [-0.25, -0.2) is 0 Å². The minimum Gasteiger partial charge on any atom is -0.390 e. The summed E-state index contributed by atoms with van der Waals surface area (Å²) in [6.45, 7) is 1.83. The molecular weight excluding hydrogens is 379 g/mol. The van der Waals surface area contributed by atoms with Gasteiger partial charge in [0.1, 0.15) is 0 Å². The molecule has 0 radical (unpaired) electrons. The van der Waals surface area contributed by atoms with Crippen LogP contribution in [0, 0.1) is 11.8 Å². The third-order valence-electron chi connectivity index (χ3n) is 6.34. The second-order valence-electron chi connectivity index (χ2n) is 8.67. The number of halogens is 3. The lowest BCUT2D eigenvalue weighted by Crippen LogP contribution is -2.33. The third kappa shape index (κ3) is 4.65. The molecule has 2 aromatic carbocycles. The standard InChI is InChI=1S/C23H26F3NO2/c24-23(25,26)20-8-4-7-17(9-20)21(28)15-27-13-18-11-22(29,12-19(18)14-27)10-16-5-2-1-3-6-16/h1-9,18-19,21,28-29H,10-15H2/t18-,19+,21?,22+. The zero-order valence-electron chi connectivity index (χ0n) is 16.1. The Balaban J connectivity index is 1.34. The molecule has 4 rings (SSSR count). The molecule has 3 nitrogen and oxygen atoms in total. The summed E-state index contributed by atoms with van der Waals surface area (Å²) in [4.78, 5) is 2.11. The number of rotatable bonds is 5. The highest BCUT2D eigenvalue weighted by Gasteiger charge is 2.48. The van der Waals surface area contributed by atoms with Crippen LogP contribution in [-0.2, 0) is 12.6 Å². The maximum Gasteiger partial charge on any atom is 0.416 e. The number of fused-ring (bicyclic) bond motifs is 1. The molecule has 1 aliphatic carbocycles. The number of aliphatic hydroxyl groups is 2. The quantitative estimate of drug-likeness (QED) is 0.789. The molecular formula is C23H26F3NO2. The van der Waals surface area contributed by atoms with Crippen molar-refractivity contribution < 1.29 is 23.4 Å². The number of hydrogen-bond acceptors (Lipinski definition) is 3. The van der Waals surface area contributed by atoms with Gasteiger partial charge >= 0.3 is 6.18 Å². The van der Waals surface area contributed by atoms with Gasteiger partial charge in [0.25, 0.3) is 0 Å². The minimum absolute atomic E-state index is 0.289. The van der Waals surface area contributed by atoms with E-state index >= 15 is 0 Å². The first-order valence-corrected chi connectivity index (χ1v) is 10.1. The van der Waals surface area contributed by atoms with E-state index in [2.05, 4.69) is 4.90 Å². The first-order valence-electron chi connectivity index (χ1n) is 10.1. The Labute approximate surface area is 168 Å². The van der Waals surface area contributed by atoms with E-state index in [-0.39, 0.29) is 5.56 Å². The molecule has 2 N–H and O–H groups in total. The van der Waals surface area contributed by atoms with Crippen LogP contribution < -0.4 is 0 Å². The first kappa shape index (κ1) is 20.4. The van der Waals surface area contributed by atoms with Crippen LogP contribution in [-0.4, -0.2) is 40.3 Å². The minimum atomic E-state index is -4.41. The van der Waals surface area contributed by atoms with Crippen molar-refractivity contribution in [2.45, 2.75) is 37.1 Å². The van der Waals surface area contributed by atoms with Crippen molar-refractivity contribution in [2.24, 2.45) is 11.8 Å². The number of alkyl halides is 3. The van der Waals surface area contributed by atoms with Gasteiger partial charge in [0.2, 0.25) is 0 Å². The molecule has 2 aliphatic rings. The van der Waals surface area contributed by atoms with E-state index in [4.69, 9.17) is 0 Å². The van der Waals surface area contributed by atoms with Gasteiger partial charge in [-0.05, 0) is 47.9 Å². The molecule has 0 spiro atoms. The van der Waals surface area contributed by atoms with Gasteiger partial charge in [0.05, 0.1) is 17.3 Å². The molecule has 1 aliphatic heterocycles. The fourth-order valence-corrected chi connectivity index (χ4v) is 5.10. The van der Waals surface area contributed by atoms with Crippen molar-refractivity contribution >= 4 is 0 Å². The Bertz CT molecular complexity index is 826. The molecule has 0 amide bonds. The summed E-state index contributed by atoms with van der Waals surface area (Å²) in [5, 5.41) is 21.5. The smallest absolute Gasteiger partial charge is 0.390 e. The number of β-amino-alcohol motifs (C(OH)–C–C–N with tert-alkyl or cyclic N) is 1. The number of nitrogens with zero attached hydrogens (tertiary/aromatic N) is 1. The Kier molecular flexibility index (Phi) is 5.44. The molecule has 1 unspecified atom stereocenters. The fourth-order valence-electron chi connectivity index (χ4n) is 5.10. The molecule has 2 fully saturated rings. The molecule has 1 heterocycles. The topological polar surface area (TPSA) is 43.7 Å². The lowest BCUT2D eigenvalue weighted by molar-refractivity contribution is -0.137. The fraction of sp³-hybridized carbons (Fsp3) is 0.478. The summed E-state index contributed by atoms with van der Waals surface area (Å²) in [6.07, 6.45) is -3.28. The van der Waals surface area contributed by atoms with Gasteiger partial charge in [-0.15, -0.1) is 0 Å². The van der Waals surface area contributed by atoms with Crippen molar-refractivity contribution in [3.05, 3.63) is 71.3 Å². The number of likely N-dealkylation sites (tertiary alicyclic amines) is 1. The van der Waals surface area contributed by atoms with Crippen molar-refractivity contribution in [1.29, 1.82) is 0 Å². The molecule has 0 aromatic heterocycles. The third-order valence-corrected chi connectivity index (χ3v) is 6.34. The molecule has 6 heteroatoms. The van der Waals surface area contributed by atoms with Gasteiger partial charge in [-0.2, -0.15) is 13.2 Å². The highest BCUT2D eigenvalue weighted by atomic mass is 19.4. The zero-order valence-corrected chi connectivity index (χ0v) is 16.1. The summed E-state index contributed by atoms with van der Waals surface area (Å²) in [7, 11) is 0. The summed E-state index contributed by atoms with van der Waals surface area (Å²) >= 11 is 0. The van der Waals surface area contributed by atoms with Crippen molar-refractivity contribution in [2.75, 3.05) is 19.6 Å². The normalized spacial score (nSPS) is 28.4. The maximum absolute atomic E-state index is 12.9. The lowest BCUT2D eigenvalue weighted by Gasteiger charge is -2.27. The van der Waals surface area contributed by atoms with Gasteiger partial charge < -0.3 is 10.2 Å². The lowest BCUT2D eigenvalue weighted by atomic mass is 9.91. The van der Waals surface area contributed by atoms with Crippen molar-refractivity contribution in [3.8, 4) is 0 Å². The molecule has 1 saturated heterocycles. The Hall–Kier alpha value is -1.89.